The molecule has 1 aliphatic rings. The molecule has 6 heteroatoms. The summed E-state index contributed by atoms with van der Waals surface area (Å²) < 4.78 is 5.92. The normalized spacial score (nSPS) is 18.5. The summed E-state index contributed by atoms with van der Waals surface area (Å²) in [5.41, 5.74) is 2.57. The summed E-state index contributed by atoms with van der Waals surface area (Å²) in [6.07, 6.45) is 3.69. The summed E-state index contributed by atoms with van der Waals surface area (Å²) in [6.45, 7) is 2.24. The minimum Gasteiger partial charge on any atom is -0.478 e. The van der Waals surface area contributed by atoms with Crippen LogP contribution in [0.2, 0.25) is 0 Å². The molecule has 128 valence electrons. The molecule has 3 aromatic rings. The predicted molar refractivity (Wildman–Crippen MR) is 92.5 cm³/mol. The highest BCUT2D eigenvalue weighted by atomic mass is 16.4. The molecule has 1 aliphatic heterocycles. The zero-order chi connectivity index (χ0) is 17.2. The zero-order valence-corrected chi connectivity index (χ0v) is 13.8. The number of fused-ring (bicyclic) bond motifs is 1. The van der Waals surface area contributed by atoms with Crippen molar-refractivity contribution < 1.29 is 14.3 Å². The first-order valence-corrected chi connectivity index (χ1v) is 8.46. The lowest BCUT2D eigenvalue weighted by atomic mass is 9.97. The summed E-state index contributed by atoms with van der Waals surface area (Å²) in [5.74, 6) is 0.0547. The van der Waals surface area contributed by atoms with E-state index in [9.17, 15) is 9.90 Å². The Balaban J connectivity index is 1.52. The quantitative estimate of drug-likeness (QED) is 0.787. The third-order valence-corrected chi connectivity index (χ3v) is 4.66. The van der Waals surface area contributed by atoms with E-state index in [1.807, 2.05) is 24.3 Å². The molecule has 0 amide bonds. The van der Waals surface area contributed by atoms with Gasteiger partial charge in [0.15, 0.2) is 11.5 Å². The number of piperidine rings is 1. The summed E-state index contributed by atoms with van der Waals surface area (Å²) >= 11 is 0. The zero-order valence-electron chi connectivity index (χ0n) is 13.8. The molecule has 1 aromatic carbocycles. The summed E-state index contributed by atoms with van der Waals surface area (Å²) in [5, 5.41) is 9.32. The number of hydrogen-bond acceptors (Lipinski definition) is 5. The topological polar surface area (TPSA) is 79.5 Å². The molecule has 2 aromatic heterocycles. The minimum absolute atomic E-state index is 0.221. The smallest absolute Gasteiger partial charge is 0.337 e. The monoisotopic (exact) mass is 337 g/mol. The number of para-hydroxylation sites is 2. The Morgan fingerprint density at radius 3 is 3.00 bits per heavy atom. The van der Waals surface area contributed by atoms with E-state index in [0.29, 0.717) is 12.2 Å². The Hall–Kier alpha value is -2.73. The van der Waals surface area contributed by atoms with Crippen LogP contribution in [-0.2, 0) is 6.54 Å². The Morgan fingerprint density at radius 1 is 1.28 bits per heavy atom. The maximum atomic E-state index is 11.4. The van der Waals surface area contributed by atoms with Gasteiger partial charge in [-0.2, -0.15) is 0 Å². The number of pyridine rings is 1. The third kappa shape index (κ3) is 3.25. The molecule has 0 saturated carbocycles. The SMILES string of the molecule is O=C(O)c1cccnc1CN1CCCC(c2nc3ccccc3o2)C1. The highest BCUT2D eigenvalue weighted by Crippen LogP contribution is 2.29. The van der Waals surface area contributed by atoms with Gasteiger partial charge in [0.2, 0.25) is 0 Å². The number of oxazole rings is 1. The van der Waals surface area contributed by atoms with E-state index in [4.69, 9.17) is 4.42 Å². The van der Waals surface area contributed by atoms with Gasteiger partial charge < -0.3 is 9.52 Å². The number of rotatable bonds is 4. The molecule has 0 spiro atoms. The Labute approximate surface area is 145 Å². The lowest BCUT2D eigenvalue weighted by molar-refractivity contribution is 0.0693. The van der Waals surface area contributed by atoms with E-state index >= 15 is 0 Å². The lowest BCUT2D eigenvalue weighted by Crippen LogP contribution is -2.34. The van der Waals surface area contributed by atoms with Gasteiger partial charge in [-0.15, -0.1) is 0 Å². The second-order valence-electron chi connectivity index (χ2n) is 6.40. The molecule has 6 nitrogen and oxygen atoms in total. The van der Waals surface area contributed by atoms with Gasteiger partial charge >= 0.3 is 5.97 Å². The van der Waals surface area contributed by atoms with E-state index in [-0.39, 0.29) is 11.5 Å². The first kappa shape index (κ1) is 15.8. The second kappa shape index (κ2) is 6.64. The van der Waals surface area contributed by atoms with Crippen LogP contribution in [0.1, 0.15) is 40.7 Å². The van der Waals surface area contributed by atoms with Crippen molar-refractivity contribution in [1.29, 1.82) is 0 Å². The van der Waals surface area contributed by atoms with Gasteiger partial charge in [-0.25, -0.2) is 9.78 Å². The molecule has 1 atom stereocenters. The van der Waals surface area contributed by atoms with Crippen molar-refractivity contribution in [2.24, 2.45) is 0 Å². The van der Waals surface area contributed by atoms with Crippen LogP contribution in [0.3, 0.4) is 0 Å². The van der Waals surface area contributed by atoms with Gasteiger partial charge in [-0.05, 0) is 43.7 Å². The van der Waals surface area contributed by atoms with Crippen LogP contribution in [0.5, 0.6) is 0 Å². The van der Waals surface area contributed by atoms with Crippen molar-refractivity contribution in [3.8, 4) is 0 Å². The number of nitrogens with zero attached hydrogens (tertiary/aromatic N) is 3. The van der Waals surface area contributed by atoms with E-state index < -0.39 is 5.97 Å². The van der Waals surface area contributed by atoms with Gasteiger partial charge in [0.05, 0.1) is 11.3 Å². The van der Waals surface area contributed by atoms with Crippen LogP contribution >= 0.6 is 0 Å². The van der Waals surface area contributed by atoms with Crippen LogP contribution in [-0.4, -0.2) is 39.0 Å². The van der Waals surface area contributed by atoms with E-state index in [1.54, 1.807) is 18.3 Å². The largest absolute Gasteiger partial charge is 0.478 e. The van der Waals surface area contributed by atoms with Crippen LogP contribution in [0.4, 0.5) is 0 Å². The number of carboxylic acid groups (broad SMARTS) is 1. The van der Waals surface area contributed by atoms with Crippen molar-refractivity contribution in [2.45, 2.75) is 25.3 Å². The van der Waals surface area contributed by atoms with Crippen LogP contribution in [0.25, 0.3) is 11.1 Å². The Morgan fingerprint density at radius 2 is 2.16 bits per heavy atom. The number of likely N-dealkylation sites (tertiary alicyclic amines) is 1. The third-order valence-electron chi connectivity index (χ3n) is 4.66. The molecule has 0 bridgehead atoms. The molecule has 3 heterocycles. The van der Waals surface area contributed by atoms with Crippen molar-refractivity contribution in [3.05, 3.63) is 59.7 Å². The lowest BCUT2D eigenvalue weighted by Gasteiger charge is -2.31. The number of hydrogen-bond donors (Lipinski definition) is 1. The van der Waals surface area contributed by atoms with Crippen molar-refractivity contribution in [3.63, 3.8) is 0 Å². The summed E-state index contributed by atoms with van der Waals surface area (Å²) in [6, 6.07) is 11.0. The molecule has 25 heavy (non-hydrogen) atoms. The first-order valence-electron chi connectivity index (χ1n) is 8.46. The molecule has 4 rings (SSSR count). The van der Waals surface area contributed by atoms with Crippen LogP contribution < -0.4 is 0 Å². The molecule has 1 N–H and O–H groups in total. The number of carboxylic acids is 1. The number of benzene rings is 1. The second-order valence-corrected chi connectivity index (χ2v) is 6.40. The van der Waals surface area contributed by atoms with E-state index in [0.717, 1.165) is 42.9 Å². The maximum Gasteiger partial charge on any atom is 0.337 e. The first-order chi connectivity index (χ1) is 12.2. The molecular formula is C19H19N3O3. The van der Waals surface area contributed by atoms with Crippen molar-refractivity contribution in [1.82, 2.24) is 14.9 Å². The van der Waals surface area contributed by atoms with Gasteiger partial charge in [-0.1, -0.05) is 12.1 Å². The summed E-state index contributed by atoms with van der Waals surface area (Å²) in [7, 11) is 0. The van der Waals surface area contributed by atoms with Gasteiger partial charge in [-0.3, -0.25) is 9.88 Å². The van der Waals surface area contributed by atoms with Crippen molar-refractivity contribution >= 4 is 17.1 Å². The standard InChI is InChI=1S/C19H19N3O3/c23-19(24)14-6-3-9-20-16(14)12-22-10-4-5-13(11-22)18-21-15-7-1-2-8-17(15)25-18/h1-3,6-9,13H,4-5,10-12H2,(H,23,24). The number of aromatic carboxylic acids is 1. The van der Waals surface area contributed by atoms with Gasteiger partial charge in [0.1, 0.15) is 5.52 Å². The molecular weight excluding hydrogens is 318 g/mol. The molecule has 1 fully saturated rings. The average Bonchev–Trinajstić information content (AvgIpc) is 3.06. The van der Waals surface area contributed by atoms with Crippen LogP contribution in [0, 0.1) is 0 Å². The number of aromatic nitrogens is 2. The highest BCUT2D eigenvalue weighted by molar-refractivity contribution is 5.88. The van der Waals surface area contributed by atoms with E-state index in [2.05, 4.69) is 14.9 Å². The fraction of sp³-hybridized carbons (Fsp3) is 0.316. The van der Waals surface area contributed by atoms with E-state index in [1.165, 1.54) is 0 Å². The summed E-state index contributed by atoms with van der Waals surface area (Å²) in [4.78, 5) is 22.5. The van der Waals surface area contributed by atoms with Gasteiger partial charge in [0, 0.05) is 25.2 Å². The fourth-order valence-electron chi connectivity index (χ4n) is 3.44. The highest BCUT2D eigenvalue weighted by Gasteiger charge is 2.26. The minimum atomic E-state index is -0.935. The van der Waals surface area contributed by atoms with Gasteiger partial charge in [0.25, 0.3) is 0 Å². The van der Waals surface area contributed by atoms with Crippen molar-refractivity contribution in [2.75, 3.05) is 13.1 Å². The number of carbonyl (C=O) groups is 1. The molecule has 0 radical (unpaired) electrons. The van der Waals surface area contributed by atoms with Crippen LogP contribution in [0.15, 0.2) is 47.0 Å². The Bertz CT molecular complexity index is 873. The maximum absolute atomic E-state index is 11.4. The predicted octanol–water partition coefficient (Wildman–Crippen LogP) is 3.30. The molecule has 1 unspecified atom stereocenters. The molecule has 0 aliphatic carbocycles. The molecule has 1 saturated heterocycles. The Kier molecular flexibility index (Phi) is 4.19. The average molecular weight is 337 g/mol. The fourth-order valence-corrected chi connectivity index (χ4v) is 3.44.